The van der Waals surface area contributed by atoms with Gasteiger partial charge in [-0.1, -0.05) is 26.7 Å². The van der Waals surface area contributed by atoms with Crippen LogP contribution in [0.5, 0.6) is 0 Å². The predicted molar refractivity (Wildman–Crippen MR) is 128 cm³/mol. The van der Waals surface area contributed by atoms with Gasteiger partial charge in [-0.25, -0.2) is 0 Å². The molecular weight excluding hydrogens is 444 g/mol. The Hall–Kier alpha value is -3.03. The summed E-state index contributed by atoms with van der Waals surface area (Å²) in [4.78, 5) is 40.4. The van der Waals surface area contributed by atoms with Crippen molar-refractivity contribution in [1.29, 1.82) is 5.26 Å². The molecule has 9 nitrogen and oxygen atoms in total. The molecule has 0 aromatic carbocycles. The van der Waals surface area contributed by atoms with E-state index in [1.807, 2.05) is 11.0 Å². The zero-order valence-electron chi connectivity index (χ0n) is 19.3. The first-order valence-corrected chi connectivity index (χ1v) is 12.0. The minimum absolute atomic E-state index is 0.0123. The summed E-state index contributed by atoms with van der Waals surface area (Å²) in [5, 5.41) is 30.9. The molecule has 1 N–H and O–H groups in total. The van der Waals surface area contributed by atoms with Crippen LogP contribution in [0.25, 0.3) is 6.08 Å². The second-order valence-corrected chi connectivity index (χ2v) is 8.86. The summed E-state index contributed by atoms with van der Waals surface area (Å²) in [6.45, 7) is 6.85. The Bertz CT molecular complexity index is 997. The van der Waals surface area contributed by atoms with E-state index in [9.17, 15) is 25.0 Å². The predicted octanol–water partition coefficient (Wildman–Crippen LogP) is 4.04. The average molecular weight is 475 g/mol. The Labute approximate surface area is 197 Å². The summed E-state index contributed by atoms with van der Waals surface area (Å²) in [5.41, 5.74) is 0.245. The molecule has 0 bridgehead atoms. The molecule has 1 aromatic heterocycles. The van der Waals surface area contributed by atoms with Crippen LogP contribution in [0.3, 0.4) is 0 Å². The zero-order chi connectivity index (χ0) is 24.5. The Morgan fingerprint density at radius 1 is 1.21 bits per heavy atom. The van der Waals surface area contributed by atoms with Crippen molar-refractivity contribution in [3.05, 3.63) is 37.8 Å². The highest BCUT2D eigenvalue weighted by Crippen LogP contribution is 2.40. The number of unbranched alkanes of at least 4 members (excludes halogenated alkanes) is 2. The maximum Gasteiger partial charge on any atom is 0.304 e. The van der Waals surface area contributed by atoms with E-state index in [1.54, 1.807) is 0 Å². The number of nitro groups is 1. The number of hydrogen-bond donors (Lipinski definition) is 1. The standard InChI is InChI=1S/C23H30N4O5S/c1-4-6-9-25(10-7-5-2)23-20(27(31)32)14-17(33-23)13-18-16(3)19(15-24)22(30)26(21(18)29)11-8-12-28/h13-14,28H,4-12H2,1-3H3/b18-13+. The van der Waals surface area contributed by atoms with Crippen molar-refractivity contribution in [3.63, 3.8) is 0 Å². The summed E-state index contributed by atoms with van der Waals surface area (Å²) in [7, 11) is 0. The van der Waals surface area contributed by atoms with E-state index in [0.29, 0.717) is 23.0 Å². The molecule has 0 spiro atoms. The number of nitrogens with zero attached hydrogens (tertiary/aromatic N) is 4. The molecule has 0 aliphatic carbocycles. The zero-order valence-corrected chi connectivity index (χ0v) is 20.1. The molecule has 0 saturated carbocycles. The van der Waals surface area contributed by atoms with E-state index in [4.69, 9.17) is 5.11 Å². The monoisotopic (exact) mass is 474 g/mol. The number of anilines is 1. The molecule has 1 aliphatic rings. The molecule has 178 valence electrons. The van der Waals surface area contributed by atoms with Crippen molar-refractivity contribution >= 4 is 39.9 Å². The van der Waals surface area contributed by atoms with E-state index in [1.165, 1.54) is 30.4 Å². The van der Waals surface area contributed by atoms with Gasteiger partial charge in [0.1, 0.15) is 11.6 Å². The molecule has 0 radical (unpaired) electrons. The van der Waals surface area contributed by atoms with Gasteiger partial charge in [0.05, 0.1) is 4.92 Å². The molecule has 2 amide bonds. The van der Waals surface area contributed by atoms with Gasteiger partial charge >= 0.3 is 5.69 Å². The topological polar surface area (TPSA) is 128 Å². The molecule has 10 heteroatoms. The first kappa shape index (κ1) is 26.2. The third kappa shape index (κ3) is 6.06. The number of imide groups is 1. The number of aliphatic hydroxyl groups is 1. The highest BCUT2D eigenvalue weighted by molar-refractivity contribution is 7.17. The van der Waals surface area contributed by atoms with Crippen molar-refractivity contribution in [2.24, 2.45) is 0 Å². The van der Waals surface area contributed by atoms with Crippen LogP contribution in [-0.4, -0.2) is 53.0 Å². The van der Waals surface area contributed by atoms with Crippen LogP contribution >= 0.6 is 11.3 Å². The normalized spacial score (nSPS) is 15.4. The molecule has 1 aliphatic heterocycles. The SMILES string of the molecule is CCCCN(CCCC)c1sc(/C=C2/C(=O)N(CCCO)C(=O)C(C#N)=C2C)cc1[N+](=O)[O-]. The third-order valence-electron chi connectivity index (χ3n) is 5.41. The number of carbonyl (C=O) groups excluding carboxylic acids is 2. The Morgan fingerprint density at radius 2 is 1.85 bits per heavy atom. The van der Waals surface area contributed by atoms with Crippen molar-refractivity contribution in [1.82, 2.24) is 4.90 Å². The van der Waals surface area contributed by atoms with Gasteiger partial charge in [-0.2, -0.15) is 5.26 Å². The minimum atomic E-state index is -0.686. The smallest absolute Gasteiger partial charge is 0.304 e. The molecular formula is C23H30N4O5S. The van der Waals surface area contributed by atoms with Gasteiger partial charge in [0.25, 0.3) is 11.8 Å². The highest BCUT2D eigenvalue weighted by Gasteiger charge is 2.35. The second kappa shape index (κ2) is 12.3. The Kier molecular flexibility index (Phi) is 9.75. The third-order valence-corrected chi connectivity index (χ3v) is 6.54. The number of amides is 2. The first-order chi connectivity index (χ1) is 15.8. The Morgan fingerprint density at radius 3 is 2.36 bits per heavy atom. The average Bonchev–Trinajstić information content (AvgIpc) is 3.21. The van der Waals surface area contributed by atoms with E-state index < -0.39 is 16.7 Å². The fourth-order valence-electron chi connectivity index (χ4n) is 3.54. The van der Waals surface area contributed by atoms with Crippen molar-refractivity contribution in [3.8, 4) is 6.07 Å². The largest absolute Gasteiger partial charge is 0.396 e. The molecule has 0 saturated heterocycles. The quantitative estimate of drug-likeness (QED) is 0.210. The fourth-order valence-corrected chi connectivity index (χ4v) is 4.66. The maximum atomic E-state index is 13.0. The number of thiophene rings is 1. The lowest BCUT2D eigenvalue weighted by molar-refractivity contribution is -0.383. The number of hydrogen-bond acceptors (Lipinski definition) is 8. The van der Waals surface area contributed by atoms with Crippen LogP contribution in [0, 0.1) is 21.4 Å². The molecule has 0 unspecified atom stereocenters. The second-order valence-electron chi connectivity index (χ2n) is 7.80. The van der Waals surface area contributed by atoms with E-state index in [0.717, 1.165) is 30.6 Å². The lowest BCUT2D eigenvalue weighted by Crippen LogP contribution is -2.43. The fraction of sp³-hybridized carbons (Fsp3) is 0.522. The van der Waals surface area contributed by atoms with E-state index >= 15 is 0 Å². The highest BCUT2D eigenvalue weighted by atomic mass is 32.1. The van der Waals surface area contributed by atoms with Gasteiger partial charge in [-0.15, -0.1) is 11.3 Å². The summed E-state index contributed by atoms with van der Waals surface area (Å²) in [5.74, 6) is -1.26. The van der Waals surface area contributed by atoms with Crippen LogP contribution in [0.1, 0.15) is 57.8 Å². The van der Waals surface area contributed by atoms with Gasteiger partial charge in [0, 0.05) is 42.8 Å². The van der Waals surface area contributed by atoms with Crippen LogP contribution in [0.15, 0.2) is 22.8 Å². The molecule has 2 rings (SSSR count). The summed E-state index contributed by atoms with van der Waals surface area (Å²) in [6, 6.07) is 3.31. The number of carbonyl (C=O) groups is 2. The molecule has 2 heterocycles. The number of rotatable bonds is 12. The Balaban J connectivity index is 2.55. The molecule has 1 aromatic rings. The van der Waals surface area contributed by atoms with Gasteiger partial charge in [0.2, 0.25) is 0 Å². The maximum absolute atomic E-state index is 13.0. The molecule has 33 heavy (non-hydrogen) atoms. The molecule has 0 atom stereocenters. The molecule has 0 fully saturated rings. The summed E-state index contributed by atoms with van der Waals surface area (Å²) < 4.78 is 0. The van der Waals surface area contributed by atoms with Gasteiger partial charge in [-0.3, -0.25) is 24.6 Å². The van der Waals surface area contributed by atoms with Gasteiger partial charge in [0.15, 0.2) is 5.00 Å². The first-order valence-electron chi connectivity index (χ1n) is 11.1. The number of nitriles is 1. The van der Waals surface area contributed by atoms with Crippen LogP contribution in [0.2, 0.25) is 0 Å². The summed E-state index contributed by atoms with van der Waals surface area (Å²) >= 11 is 1.23. The lowest BCUT2D eigenvalue weighted by Gasteiger charge is -2.27. The van der Waals surface area contributed by atoms with Crippen LogP contribution in [-0.2, 0) is 9.59 Å². The lowest BCUT2D eigenvalue weighted by atomic mass is 9.94. The van der Waals surface area contributed by atoms with E-state index in [2.05, 4.69) is 13.8 Å². The van der Waals surface area contributed by atoms with Gasteiger partial charge < -0.3 is 10.0 Å². The number of aliphatic hydroxyl groups excluding tert-OH is 1. The minimum Gasteiger partial charge on any atom is -0.396 e. The van der Waals surface area contributed by atoms with E-state index in [-0.39, 0.29) is 42.0 Å². The van der Waals surface area contributed by atoms with Crippen molar-refractivity contribution in [2.75, 3.05) is 31.1 Å². The van der Waals surface area contributed by atoms with Crippen LogP contribution in [0.4, 0.5) is 10.7 Å². The van der Waals surface area contributed by atoms with Crippen molar-refractivity contribution in [2.45, 2.75) is 52.9 Å². The van der Waals surface area contributed by atoms with Crippen molar-refractivity contribution < 1.29 is 19.6 Å². The van der Waals surface area contributed by atoms with Gasteiger partial charge in [-0.05, 0) is 37.8 Å². The van der Waals surface area contributed by atoms with Crippen LogP contribution < -0.4 is 4.90 Å². The summed E-state index contributed by atoms with van der Waals surface area (Å²) in [6.07, 6.45) is 5.46.